The molecule has 6 nitrogen and oxygen atoms in total. The van der Waals surface area contributed by atoms with E-state index in [0.29, 0.717) is 22.5 Å². The molecule has 0 spiro atoms. The Labute approximate surface area is 128 Å². The van der Waals surface area contributed by atoms with Crippen molar-refractivity contribution in [3.05, 3.63) is 6.20 Å². The van der Waals surface area contributed by atoms with Crippen molar-refractivity contribution in [2.24, 2.45) is 5.92 Å². The number of aliphatic hydroxyl groups excluding tert-OH is 1. The average Bonchev–Trinajstić information content (AvgIpc) is 3.08. The number of amides is 1. The zero-order chi connectivity index (χ0) is 15.1. The molecule has 7 heteroatoms. The number of carbonyl (C=O) groups excluding carboxylic acids is 1. The number of ether oxygens (including phenoxy) is 1. The predicted octanol–water partition coefficient (Wildman–Crippen LogP) is 2.13. The summed E-state index contributed by atoms with van der Waals surface area (Å²) in [7, 11) is 0. The minimum absolute atomic E-state index is 0.0166. The van der Waals surface area contributed by atoms with Crippen LogP contribution in [0.3, 0.4) is 0 Å². The van der Waals surface area contributed by atoms with Crippen molar-refractivity contribution >= 4 is 22.2 Å². The summed E-state index contributed by atoms with van der Waals surface area (Å²) < 4.78 is 5.26. The lowest BCUT2D eigenvalue weighted by Gasteiger charge is -2.07. The van der Waals surface area contributed by atoms with Gasteiger partial charge in [-0.3, -0.25) is 4.79 Å². The van der Waals surface area contributed by atoms with E-state index in [9.17, 15) is 4.79 Å². The highest BCUT2D eigenvalue weighted by Crippen LogP contribution is 2.29. The van der Waals surface area contributed by atoms with Crippen LogP contribution in [0.25, 0.3) is 0 Å². The highest BCUT2D eigenvalue weighted by molar-refractivity contribution is 7.17. The number of nitrogens with zero attached hydrogens (tertiary/aromatic N) is 1. The molecule has 0 saturated heterocycles. The van der Waals surface area contributed by atoms with Crippen LogP contribution in [-0.4, -0.2) is 34.0 Å². The van der Waals surface area contributed by atoms with Gasteiger partial charge in [-0.2, -0.15) is 0 Å². The Morgan fingerprint density at radius 2 is 2.24 bits per heavy atom. The molecule has 0 aromatic carbocycles. The first-order valence-corrected chi connectivity index (χ1v) is 8.20. The van der Waals surface area contributed by atoms with Crippen molar-refractivity contribution in [1.29, 1.82) is 0 Å². The Balaban J connectivity index is 1.67. The van der Waals surface area contributed by atoms with E-state index in [-0.39, 0.29) is 18.9 Å². The maximum absolute atomic E-state index is 11.8. The van der Waals surface area contributed by atoms with Crippen LogP contribution in [0.2, 0.25) is 0 Å². The second kappa shape index (κ2) is 8.31. The normalized spacial score (nSPS) is 15.6. The molecular weight excluding hydrogens is 292 g/mol. The third-order valence-electron chi connectivity index (χ3n) is 3.60. The molecule has 1 amide bonds. The Morgan fingerprint density at radius 3 is 2.95 bits per heavy atom. The first-order valence-electron chi connectivity index (χ1n) is 7.38. The summed E-state index contributed by atoms with van der Waals surface area (Å²) in [5.41, 5.74) is 0. The van der Waals surface area contributed by atoms with Crippen molar-refractivity contribution < 1.29 is 19.7 Å². The lowest BCUT2D eigenvalue weighted by atomic mass is 10.0. The molecule has 0 radical (unpaired) electrons. The van der Waals surface area contributed by atoms with Crippen molar-refractivity contribution in [1.82, 2.24) is 4.98 Å². The first kappa shape index (κ1) is 16.2. The molecule has 1 fully saturated rings. The molecule has 1 aliphatic rings. The molecule has 2 rings (SSSR count). The zero-order valence-corrected chi connectivity index (χ0v) is 12.8. The monoisotopic (exact) mass is 314 g/mol. The number of hydrogen-bond donors (Lipinski definition) is 3. The summed E-state index contributed by atoms with van der Waals surface area (Å²) in [4.78, 5) is 15.9. The van der Waals surface area contributed by atoms with E-state index in [4.69, 9.17) is 14.9 Å². The molecule has 0 atom stereocenters. The van der Waals surface area contributed by atoms with Gasteiger partial charge in [0.15, 0.2) is 6.29 Å². The standard InChI is InChI=1S/C14H22N2O4S/c17-11(6-5-10-3-1-2-4-10)16-12-9-15-14(21-12)20-8-7-13(18)19/h9-10,13,18-19H,1-8H2,(H,16,17). The van der Waals surface area contributed by atoms with E-state index >= 15 is 0 Å². The van der Waals surface area contributed by atoms with Gasteiger partial charge in [-0.1, -0.05) is 37.0 Å². The fourth-order valence-electron chi connectivity index (χ4n) is 2.47. The number of nitrogens with one attached hydrogen (secondary N) is 1. The van der Waals surface area contributed by atoms with Crippen LogP contribution in [0.5, 0.6) is 5.19 Å². The Morgan fingerprint density at radius 1 is 1.48 bits per heavy atom. The number of thiazole rings is 1. The lowest BCUT2D eigenvalue weighted by Crippen LogP contribution is -2.11. The Kier molecular flexibility index (Phi) is 6.41. The molecule has 1 aromatic heterocycles. The third-order valence-corrected chi connectivity index (χ3v) is 4.43. The number of carbonyl (C=O) groups is 1. The van der Waals surface area contributed by atoms with E-state index in [1.54, 1.807) is 6.20 Å². The van der Waals surface area contributed by atoms with Gasteiger partial charge in [-0.25, -0.2) is 4.98 Å². The summed E-state index contributed by atoms with van der Waals surface area (Å²) >= 11 is 1.24. The minimum Gasteiger partial charge on any atom is -0.470 e. The van der Waals surface area contributed by atoms with E-state index < -0.39 is 6.29 Å². The predicted molar refractivity (Wildman–Crippen MR) is 80.3 cm³/mol. The molecule has 3 N–H and O–H groups in total. The molecule has 1 aromatic rings. The summed E-state index contributed by atoms with van der Waals surface area (Å²) in [6, 6.07) is 0. The van der Waals surface area contributed by atoms with E-state index in [1.807, 2.05) is 0 Å². The number of rotatable bonds is 8. The molecule has 21 heavy (non-hydrogen) atoms. The van der Waals surface area contributed by atoms with Crippen LogP contribution in [0.15, 0.2) is 6.20 Å². The lowest BCUT2D eigenvalue weighted by molar-refractivity contribution is -0.116. The SMILES string of the molecule is O=C(CCC1CCCC1)Nc1cnc(OCCC(O)O)s1. The molecule has 118 valence electrons. The fourth-order valence-corrected chi connectivity index (χ4v) is 3.17. The van der Waals surface area contributed by atoms with Crippen molar-refractivity contribution in [3.63, 3.8) is 0 Å². The van der Waals surface area contributed by atoms with Gasteiger partial charge in [0.2, 0.25) is 5.91 Å². The molecule has 0 aliphatic heterocycles. The van der Waals surface area contributed by atoms with Gasteiger partial charge < -0.3 is 20.3 Å². The van der Waals surface area contributed by atoms with Gasteiger partial charge >= 0.3 is 0 Å². The van der Waals surface area contributed by atoms with Crippen molar-refractivity contribution in [2.45, 2.75) is 51.2 Å². The number of anilines is 1. The summed E-state index contributed by atoms with van der Waals surface area (Å²) in [6.07, 6.45) is 6.92. The molecule has 0 bridgehead atoms. The van der Waals surface area contributed by atoms with Crippen molar-refractivity contribution in [3.8, 4) is 5.19 Å². The van der Waals surface area contributed by atoms with Crippen LogP contribution in [-0.2, 0) is 4.79 Å². The number of aromatic nitrogens is 1. The van der Waals surface area contributed by atoms with Crippen LogP contribution < -0.4 is 10.1 Å². The second-order valence-electron chi connectivity index (χ2n) is 5.35. The molecular formula is C14H22N2O4S. The topological polar surface area (TPSA) is 91.7 Å². The van der Waals surface area contributed by atoms with E-state index in [2.05, 4.69) is 10.3 Å². The van der Waals surface area contributed by atoms with E-state index in [0.717, 1.165) is 6.42 Å². The molecule has 0 unspecified atom stereocenters. The largest absolute Gasteiger partial charge is 0.470 e. The van der Waals surface area contributed by atoms with Crippen LogP contribution in [0, 0.1) is 5.92 Å². The zero-order valence-electron chi connectivity index (χ0n) is 12.0. The second-order valence-corrected chi connectivity index (χ2v) is 6.34. The van der Waals surface area contributed by atoms with Crippen LogP contribution >= 0.6 is 11.3 Å². The molecule has 1 aliphatic carbocycles. The summed E-state index contributed by atoms with van der Waals surface area (Å²) in [5, 5.41) is 21.3. The van der Waals surface area contributed by atoms with Gasteiger partial charge in [0.05, 0.1) is 12.8 Å². The van der Waals surface area contributed by atoms with E-state index in [1.165, 1.54) is 37.0 Å². The quantitative estimate of drug-likeness (QED) is 0.639. The van der Waals surface area contributed by atoms with Crippen LogP contribution in [0.1, 0.15) is 44.9 Å². The Bertz CT molecular complexity index is 444. The van der Waals surface area contributed by atoms with Gasteiger partial charge in [-0.05, 0) is 12.3 Å². The average molecular weight is 314 g/mol. The van der Waals surface area contributed by atoms with Gasteiger partial charge in [0.1, 0.15) is 5.00 Å². The highest BCUT2D eigenvalue weighted by atomic mass is 32.1. The minimum atomic E-state index is -1.38. The number of hydrogen-bond acceptors (Lipinski definition) is 6. The smallest absolute Gasteiger partial charge is 0.275 e. The maximum Gasteiger partial charge on any atom is 0.275 e. The Hall–Kier alpha value is -1.18. The third kappa shape index (κ3) is 5.99. The van der Waals surface area contributed by atoms with Gasteiger partial charge in [-0.15, -0.1) is 0 Å². The van der Waals surface area contributed by atoms with Gasteiger partial charge in [0.25, 0.3) is 5.19 Å². The summed E-state index contributed by atoms with van der Waals surface area (Å²) in [6.45, 7) is 0.181. The van der Waals surface area contributed by atoms with Gasteiger partial charge in [0, 0.05) is 12.8 Å². The summed E-state index contributed by atoms with van der Waals surface area (Å²) in [5.74, 6) is 0.726. The first-order chi connectivity index (χ1) is 10.1. The highest BCUT2D eigenvalue weighted by Gasteiger charge is 2.16. The molecule has 1 saturated carbocycles. The fraction of sp³-hybridized carbons (Fsp3) is 0.714. The van der Waals surface area contributed by atoms with Crippen LogP contribution in [0.4, 0.5) is 5.00 Å². The number of aliphatic hydroxyl groups is 2. The maximum atomic E-state index is 11.8. The van der Waals surface area contributed by atoms with Crippen molar-refractivity contribution in [2.75, 3.05) is 11.9 Å². The molecule has 1 heterocycles.